The van der Waals surface area contributed by atoms with Crippen molar-refractivity contribution in [2.45, 2.75) is 71.1 Å². The molecule has 0 unspecified atom stereocenters. The summed E-state index contributed by atoms with van der Waals surface area (Å²) in [5, 5.41) is 8.96. The second kappa shape index (κ2) is 9.57. The van der Waals surface area contributed by atoms with Crippen molar-refractivity contribution in [3.63, 3.8) is 0 Å². The van der Waals surface area contributed by atoms with E-state index in [1.807, 2.05) is 12.1 Å². The molecule has 0 saturated carbocycles. The molecule has 0 heterocycles. The van der Waals surface area contributed by atoms with Crippen LogP contribution in [0.25, 0.3) is 0 Å². The maximum absolute atomic E-state index is 10.9. The van der Waals surface area contributed by atoms with Gasteiger partial charge in [0.1, 0.15) is 0 Å². The zero-order chi connectivity index (χ0) is 14.8. The van der Waals surface area contributed by atoms with E-state index < -0.39 is 5.97 Å². The highest BCUT2D eigenvalue weighted by Crippen LogP contribution is 2.28. The first-order chi connectivity index (χ1) is 9.69. The van der Waals surface area contributed by atoms with Crippen molar-refractivity contribution in [1.82, 2.24) is 0 Å². The van der Waals surface area contributed by atoms with Crippen molar-refractivity contribution < 1.29 is 9.90 Å². The van der Waals surface area contributed by atoms with Crippen molar-refractivity contribution in [3.8, 4) is 0 Å². The fourth-order valence-electron chi connectivity index (χ4n) is 2.66. The molecule has 0 aliphatic rings. The number of benzene rings is 1. The lowest BCUT2D eigenvalue weighted by Gasteiger charge is -2.17. The number of rotatable bonds is 10. The zero-order valence-electron chi connectivity index (χ0n) is 12.9. The van der Waals surface area contributed by atoms with E-state index in [0.717, 1.165) is 0 Å². The Bertz CT molecular complexity index is 371. The van der Waals surface area contributed by atoms with Gasteiger partial charge >= 0.3 is 5.97 Å². The second-order valence-corrected chi connectivity index (χ2v) is 5.62. The van der Waals surface area contributed by atoms with Crippen LogP contribution in [0, 0.1) is 0 Å². The number of carboxylic acids is 1. The van der Waals surface area contributed by atoms with Gasteiger partial charge in [-0.05, 0) is 36.5 Å². The minimum atomic E-state index is -0.843. The van der Waals surface area contributed by atoms with Crippen LogP contribution < -0.4 is 0 Å². The molecule has 0 fully saturated rings. The summed E-state index contributed by atoms with van der Waals surface area (Å²) in [5.74, 6) is -0.249. The first-order valence-corrected chi connectivity index (χ1v) is 8.02. The molecule has 1 aromatic rings. The maximum atomic E-state index is 10.9. The molecule has 0 saturated heterocycles. The van der Waals surface area contributed by atoms with Crippen LogP contribution in [0.3, 0.4) is 0 Å². The zero-order valence-corrected chi connectivity index (χ0v) is 12.9. The van der Waals surface area contributed by atoms with Crippen LogP contribution in [0.15, 0.2) is 24.3 Å². The van der Waals surface area contributed by atoms with Gasteiger partial charge in [-0.25, -0.2) is 4.79 Å². The van der Waals surface area contributed by atoms with Gasteiger partial charge in [-0.15, -0.1) is 0 Å². The molecule has 2 heteroatoms. The molecule has 0 aliphatic heterocycles. The van der Waals surface area contributed by atoms with E-state index in [0.29, 0.717) is 11.5 Å². The molecule has 20 heavy (non-hydrogen) atoms. The van der Waals surface area contributed by atoms with Crippen molar-refractivity contribution in [1.29, 1.82) is 0 Å². The highest BCUT2D eigenvalue weighted by atomic mass is 16.4. The van der Waals surface area contributed by atoms with Crippen molar-refractivity contribution in [2.24, 2.45) is 0 Å². The quantitative estimate of drug-likeness (QED) is 0.562. The largest absolute Gasteiger partial charge is 0.478 e. The Morgan fingerprint density at radius 2 is 1.45 bits per heavy atom. The van der Waals surface area contributed by atoms with Crippen molar-refractivity contribution in [2.75, 3.05) is 0 Å². The van der Waals surface area contributed by atoms with Gasteiger partial charge < -0.3 is 5.11 Å². The van der Waals surface area contributed by atoms with Gasteiger partial charge in [0.2, 0.25) is 0 Å². The fraction of sp³-hybridized carbons (Fsp3) is 0.611. The van der Waals surface area contributed by atoms with Crippen LogP contribution in [-0.4, -0.2) is 11.1 Å². The third kappa shape index (κ3) is 5.77. The lowest BCUT2D eigenvalue weighted by Crippen LogP contribution is -2.02. The van der Waals surface area contributed by atoms with E-state index in [2.05, 4.69) is 13.8 Å². The van der Waals surface area contributed by atoms with E-state index in [9.17, 15) is 4.79 Å². The predicted molar refractivity (Wildman–Crippen MR) is 84.4 cm³/mol. The number of aromatic carboxylic acids is 1. The van der Waals surface area contributed by atoms with Gasteiger partial charge in [0.05, 0.1) is 5.56 Å². The molecule has 2 nitrogen and oxygen atoms in total. The highest BCUT2D eigenvalue weighted by molar-refractivity contribution is 5.87. The van der Waals surface area contributed by atoms with E-state index in [1.165, 1.54) is 56.9 Å². The molecule has 0 radical (unpaired) electrons. The van der Waals surface area contributed by atoms with Crippen LogP contribution in [-0.2, 0) is 0 Å². The number of carbonyl (C=O) groups is 1. The van der Waals surface area contributed by atoms with Crippen LogP contribution in [0.1, 0.15) is 87.1 Å². The van der Waals surface area contributed by atoms with E-state index in [-0.39, 0.29) is 0 Å². The molecule has 1 rings (SSSR count). The minimum absolute atomic E-state index is 0.384. The molecule has 112 valence electrons. The molecular formula is C18H28O2. The fourth-order valence-corrected chi connectivity index (χ4v) is 2.66. The Balaban J connectivity index is 2.66. The van der Waals surface area contributed by atoms with Gasteiger partial charge in [0.25, 0.3) is 0 Å². The molecule has 0 aromatic heterocycles. The van der Waals surface area contributed by atoms with Gasteiger partial charge in [-0.2, -0.15) is 0 Å². The Labute approximate surface area is 123 Å². The summed E-state index contributed by atoms with van der Waals surface area (Å²) < 4.78 is 0. The number of hydrogen-bond acceptors (Lipinski definition) is 1. The summed E-state index contributed by atoms with van der Waals surface area (Å²) in [6, 6.07) is 7.49. The average molecular weight is 276 g/mol. The average Bonchev–Trinajstić information content (AvgIpc) is 2.46. The number of unbranched alkanes of at least 4 members (excludes halogenated alkanes) is 4. The number of hydrogen-bond donors (Lipinski definition) is 1. The smallest absolute Gasteiger partial charge is 0.335 e. The molecule has 1 N–H and O–H groups in total. The second-order valence-electron chi connectivity index (χ2n) is 5.62. The SMILES string of the molecule is CCCCCC(CCCCC)c1ccc(C(=O)O)cc1. The van der Waals surface area contributed by atoms with Crippen LogP contribution >= 0.6 is 0 Å². The normalized spacial score (nSPS) is 10.9. The van der Waals surface area contributed by atoms with Crippen LogP contribution in [0.4, 0.5) is 0 Å². The van der Waals surface area contributed by atoms with Gasteiger partial charge in [-0.1, -0.05) is 64.5 Å². The summed E-state index contributed by atoms with van der Waals surface area (Å²) in [6.07, 6.45) is 10.1. The molecule has 0 aliphatic carbocycles. The summed E-state index contributed by atoms with van der Waals surface area (Å²) in [6.45, 7) is 4.46. The summed E-state index contributed by atoms with van der Waals surface area (Å²) in [4.78, 5) is 10.9. The highest BCUT2D eigenvalue weighted by Gasteiger charge is 2.12. The van der Waals surface area contributed by atoms with Crippen molar-refractivity contribution in [3.05, 3.63) is 35.4 Å². The van der Waals surface area contributed by atoms with Crippen molar-refractivity contribution >= 4 is 5.97 Å². The maximum Gasteiger partial charge on any atom is 0.335 e. The summed E-state index contributed by atoms with van der Waals surface area (Å²) in [7, 11) is 0. The molecule has 0 atom stereocenters. The van der Waals surface area contributed by atoms with Gasteiger partial charge in [0, 0.05) is 0 Å². The Hall–Kier alpha value is -1.31. The monoisotopic (exact) mass is 276 g/mol. The molecular weight excluding hydrogens is 248 g/mol. The first-order valence-electron chi connectivity index (χ1n) is 8.02. The van der Waals surface area contributed by atoms with Crippen LogP contribution in [0.5, 0.6) is 0 Å². The summed E-state index contributed by atoms with van der Waals surface area (Å²) in [5.41, 5.74) is 1.69. The topological polar surface area (TPSA) is 37.3 Å². The molecule has 0 bridgehead atoms. The Kier molecular flexibility index (Phi) is 8.01. The van der Waals surface area contributed by atoms with E-state index in [1.54, 1.807) is 12.1 Å². The number of carboxylic acid groups (broad SMARTS) is 1. The lowest BCUT2D eigenvalue weighted by molar-refractivity contribution is 0.0697. The van der Waals surface area contributed by atoms with Gasteiger partial charge in [0.15, 0.2) is 0 Å². The Morgan fingerprint density at radius 1 is 0.950 bits per heavy atom. The Morgan fingerprint density at radius 3 is 1.85 bits per heavy atom. The third-order valence-electron chi connectivity index (χ3n) is 3.94. The minimum Gasteiger partial charge on any atom is -0.478 e. The van der Waals surface area contributed by atoms with E-state index >= 15 is 0 Å². The first kappa shape index (κ1) is 16.7. The van der Waals surface area contributed by atoms with E-state index in [4.69, 9.17) is 5.11 Å². The predicted octanol–water partition coefficient (Wildman–Crippen LogP) is 5.63. The van der Waals surface area contributed by atoms with Crippen LogP contribution in [0.2, 0.25) is 0 Å². The molecule has 0 amide bonds. The summed E-state index contributed by atoms with van der Waals surface area (Å²) >= 11 is 0. The molecule has 1 aromatic carbocycles. The third-order valence-corrected chi connectivity index (χ3v) is 3.94. The van der Waals surface area contributed by atoms with Gasteiger partial charge in [-0.3, -0.25) is 0 Å². The lowest BCUT2D eigenvalue weighted by atomic mass is 9.88. The molecule has 0 spiro atoms. The standard InChI is InChI=1S/C18H28O2/c1-3-5-7-9-15(10-8-6-4-2)16-11-13-17(14-12-16)18(19)20/h11-15H,3-10H2,1-2H3,(H,19,20).